The van der Waals surface area contributed by atoms with Crippen LogP contribution in [0.2, 0.25) is 0 Å². The SMILES string of the molecule is C[C@@H]1CN(CCOc2cc(Nc3ncnc4cc(-c5ncccc5C(F)(F)F)ccc34)ccc2C(C)(C)C)C[C@H](C)O1. The van der Waals surface area contributed by atoms with Crippen molar-refractivity contribution in [3.8, 4) is 17.0 Å². The molecular formula is C32H36F3N5O2. The summed E-state index contributed by atoms with van der Waals surface area (Å²) in [5.74, 6) is 1.33. The standard InChI is InChI=1S/C32H36F3N5O2/c1-20-17-40(18-21(2)42-20)13-14-41-28-16-23(9-11-25(28)31(3,4)5)39-30-24-10-8-22(15-27(24)37-19-38-30)29-26(32(33,34)35)7-6-12-36-29/h6-12,15-16,19-21H,13-14,17-18H2,1-5H3,(H,37,38,39)/t20-,21+. The van der Waals surface area contributed by atoms with E-state index in [2.05, 4.69) is 65.9 Å². The second-order valence-corrected chi connectivity index (χ2v) is 11.8. The molecule has 5 rings (SSSR count). The Bertz CT molecular complexity index is 1540. The van der Waals surface area contributed by atoms with Crippen molar-refractivity contribution in [2.24, 2.45) is 0 Å². The average molecular weight is 580 g/mol. The van der Waals surface area contributed by atoms with Crippen LogP contribution >= 0.6 is 0 Å². The minimum atomic E-state index is -4.52. The van der Waals surface area contributed by atoms with E-state index in [0.29, 0.717) is 28.9 Å². The van der Waals surface area contributed by atoms with Gasteiger partial charge in [0.1, 0.15) is 24.5 Å². The lowest BCUT2D eigenvalue weighted by atomic mass is 9.86. The number of rotatable bonds is 7. The minimum Gasteiger partial charge on any atom is -0.492 e. The predicted octanol–water partition coefficient (Wildman–Crippen LogP) is 7.24. The molecule has 10 heteroatoms. The lowest BCUT2D eigenvalue weighted by molar-refractivity contribution is -0.137. The van der Waals surface area contributed by atoms with Crippen LogP contribution in [0.25, 0.3) is 22.2 Å². The van der Waals surface area contributed by atoms with E-state index in [1.807, 2.05) is 12.1 Å². The molecule has 0 saturated carbocycles. The van der Waals surface area contributed by atoms with E-state index in [1.165, 1.54) is 18.6 Å². The Labute approximate surface area is 244 Å². The summed E-state index contributed by atoms with van der Waals surface area (Å²) in [6, 6.07) is 13.2. The zero-order valence-corrected chi connectivity index (χ0v) is 24.5. The van der Waals surface area contributed by atoms with Crippen LogP contribution in [-0.4, -0.2) is 58.3 Å². The van der Waals surface area contributed by atoms with Crippen molar-refractivity contribution in [1.82, 2.24) is 19.9 Å². The molecule has 1 fully saturated rings. The Kier molecular flexibility index (Phi) is 8.39. The normalized spacial score (nSPS) is 18.3. The third kappa shape index (κ3) is 6.82. The summed E-state index contributed by atoms with van der Waals surface area (Å²) < 4.78 is 53.0. The fraction of sp³-hybridized carbons (Fsp3) is 0.406. The number of pyridine rings is 1. The summed E-state index contributed by atoms with van der Waals surface area (Å²) in [5, 5.41) is 4.03. The third-order valence-electron chi connectivity index (χ3n) is 7.24. The summed E-state index contributed by atoms with van der Waals surface area (Å²) in [6.45, 7) is 13.7. The Balaban J connectivity index is 1.39. The maximum absolute atomic E-state index is 13.6. The molecule has 42 heavy (non-hydrogen) atoms. The maximum Gasteiger partial charge on any atom is 0.418 e. The molecule has 222 valence electrons. The highest BCUT2D eigenvalue weighted by molar-refractivity contribution is 5.93. The monoisotopic (exact) mass is 579 g/mol. The first-order valence-electron chi connectivity index (χ1n) is 14.1. The molecule has 0 aliphatic carbocycles. The number of fused-ring (bicyclic) bond motifs is 1. The number of nitrogens with one attached hydrogen (secondary N) is 1. The smallest absolute Gasteiger partial charge is 0.418 e. The fourth-order valence-corrected chi connectivity index (χ4v) is 5.40. The molecule has 2 aromatic heterocycles. The molecule has 0 bridgehead atoms. The molecule has 7 nitrogen and oxygen atoms in total. The van der Waals surface area contributed by atoms with Gasteiger partial charge in [0.2, 0.25) is 0 Å². The zero-order valence-electron chi connectivity index (χ0n) is 24.5. The van der Waals surface area contributed by atoms with Gasteiger partial charge in [-0.2, -0.15) is 13.2 Å². The van der Waals surface area contributed by atoms with Crippen LogP contribution in [0.3, 0.4) is 0 Å². The molecule has 4 aromatic rings. The van der Waals surface area contributed by atoms with Crippen LogP contribution in [-0.2, 0) is 16.3 Å². The van der Waals surface area contributed by atoms with Gasteiger partial charge in [-0.1, -0.05) is 32.9 Å². The van der Waals surface area contributed by atoms with Crippen molar-refractivity contribution in [3.63, 3.8) is 0 Å². The van der Waals surface area contributed by atoms with Gasteiger partial charge in [-0.15, -0.1) is 0 Å². The molecule has 2 atom stereocenters. The van der Waals surface area contributed by atoms with Crippen molar-refractivity contribution in [2.75, 3.05) is 31.6 Å². The summed E-state index contributed by atoms with van der Waals surface area (Å²) in [7, 11) is 0. The molecule has 0 unspecified atom stereocenters. The van der Waals surface area contributed by atoms with Gasteiger partial charge in [-0.25, -0.2) is 9.97 Å². The Morgan fingerprint density at radius 3 is 2.43 bits per heavy atom. The molecular weight excluding hydrogens is 543 g/mol. The van der Waals surface area contributed by atoms with Gasteiger partial charge in [0.25, 0.3) is 0 Å². The third-order valence-corrected chi connectivity index (χ3v) is 7.24. The van der Waals surface area contributed by atoms with Gasteiger partial charge in [-0.05, 0) is 55.2 Å². The van der Waals surface area contributed by atoms with E-state index in [9.17, 15) is 13.2 Å². The number of aromatic nitrogens is 3. The van der Waals surface area contributed by atoms with Crippen molar-refractivity contribution >= 4 is 22.4 Å². The molecule has 1 saturated heterocycles. The Hall–Kier alpha value is -3.76. The van der Waals surface area contributed by atoms with E-state index in [1.54, 1.807) is 18.2 Å². The topological polar surface area (TPSA) is 72.4 Å². The van der Waals surface area contributed by atoms with Crippen LogP contribution in [0.4, 0.5) is 24.7 Å². The average Bonchev–Trinajstić information content (AvgIpc) is 2.91. The number of morpholine rings is 1. The minimum absolute atomic E-state index is 0.130. The van der Waals surface area contributed by atoms with E-state index in [4.69, 9.17) is 9.47 Å². The van der Waals surface area contributed by atoms with Crippen molar-refractivity contribution in [3.05, 3.63) is 72.2 Å². The highest BCUT2D eigenvalue weighted by Gasteiger charge is 2.34. The van der Waals surface area contributed by atoms with Crippen molar-refractivity contribution < 1.29 is 22.6 Å². The largest absolute Gasteiger partial charge is 0.492 e. The molecule has 0 spiro atoms. The highest BCUT2D eigenvalue weighted by atomic mass is 19.4. The summed E-state index contributed by atoms with van der Waals surface area (Å²) >= 11 is 0. The number of benzene rings is 2. The molecule has 1 aliphatic rings. The van der Waals surface area contributed by atoms with E-state index >= 15 is 0 Å². The van der Waals surface area contributed by atoms with Crippen molar-refractivity contribution in [2.45, 2.75) is 58.4 Å². The Morgan fingerprint density at radius 2 is 1.71 bits per heavy atom. The van der Waals surface area contributed by atoms with Gasteiger partial charge in [-0.3, -0.25) is 9.88 Å². The first kappa shape index (κ1) is 29.7. The lowest BCUT2D eigenvalue weighted by Crippen LogP contribution is -2.46. The Morgan fingerprint density at radius 1 is 0.952 bits per heavy atom. The van der Waals surface area contributed by atoms with E-state index in [-0.39, 0.29) is 23.3 Å². The summed E-state index contributed by atoms with van der Waals surface area (Å²) in [5.41, 5.74) is 1.63. The fourth-order valence-electron chi connectivity index (χ4n) is 5.40. The molecule has 0 amide bonds. The number of ether oxygens (including phenoxy) is 2. The number of nitrogens with zero attached hydrogens (tertiary/aromatic N) is 4. The van der Waals surface area contributed by atoms with E-state index < -0.39 is 11.7 Å². The van der Waals surface area contributed by atoms with Gasteiger partial charge in [0, 0.05) is 48.5 Å². The van der Waals surface area contributed by atoms with Crippen LogP contribution < -0.4 is 10.1 Å². The van der Waals surface area contributed by atoms with Gasteiger partial charge in [0.15, 0.2) is 0 Å². The second kappa shape index (κ2) is 11.9. The highest BCUT2D eigenvalue weighted by Crippen LogP contribution is 2.38. The van der Waals surface area contributed by atoms with E-state index in [0.717, 1.165) is 42.7 Å². The summed E-state index contributed by atoms with van der Waals surface area (Å²) in [4.78, 5) is 15.1. The van der Waals surface area contributed by atoms with Crippen molar-refractivity contribution in [1.29, 1.82) is 0 Å². The number of halogens is 3. The number of alkyl halides is 3. The molecule has 3 heterocycles. The number of hydrogen-bond acceptors (Lipinski definition) is 7. The molecule has 1 aliphatic heterocycles. The van der Waals surface area contributed by atoms with Crippen LogP contribution in [0.5, 0.6) is 5.75 Å². The van der Waals surface area contributed by atoms with Gasteiger partial charge < -0.3 is 14.8 Å². The quantitative estimate of drug-likeness (QED) is 0.247. The van der Waals surface area contributed by atoms with Crippen LogP contribution in [0.1, 0.15) is 45.7 Å². The molecule has 2 aromatic carbocycles. The second-order valence-electron chi connectivity index (χ2n) is 11.8. The molecule has 1 N–H and O–H groups in total. The summed E-state index contributed by atoms with van der Waals surface area (Å²) in [6.07, 6.45) is -1.38. The first-order chi connectivity index (χ1) is 19.9. The maximum atomic E-state index is 13.6. The first-order valence-corrected chi connectivity index (χ1v) is 14.1. The van der Waals surface area contributed by atoms with Crippen LogP contribution in [0.15, 0.2) is 61.1 Å². The number of anilines is 2. The van der Waals surface area contributed by atoms with Gasteiger partial charge in [0.05, 0.1) is 29.0 Å². The number of hydrogen-bond donors (Lipinski definition) is 1. The predicted molar refractivity (Wildman–Crippen MR) is 158 cm³/mol. The zero-order chi connectivity index (χ0) is 30.1. The van der Waals surface area contributed by atoms with Crippen LogP contribution in [0, 0.1) is 0 Å². The molecule has 0 radical (unpaired) electrons. The van der Waals surface area contributed by atoms with Gasteiger partial charge >= 0.3 is 6.18 Å². The lowest BCUT2D eigenvalue weighted by Gasteiger charge is -2.35.